The van der Waals surface area contributed by atoms with Gasteiger partial charge >= 0.3 is 0 Å². The van der Waals surface area contributed by atoms with Gasteiger partial charge in [0.15, 0.2) is 0 Å². The van der Waals surface area contributed by atoms with E-state index in [-0.39, 0.29) is 0 Å². The second kappa shape index (κ2) is 13.5. The number of hydrogen-bond acceptors (Lipinski definition) is 2. The average Bonchev–Trinajstić information content (AvgIpc) is 2.08. The monoisotopic (exact) mass is 174 g/mol. The SMILES string of the molecule is CCC.CCN(CC)CCCN. The molecule has 0 atom stereocenters. The van der Waals surface area contributed by atoms with Gasteiger partial charge in [-0.05, 0) is 32.6 Å². The molecule has 0 fully saturated rings. The van der Waals surface area contributed by atoms with Crippen molar-refractivity contribution < 1.29 is 0 Å². The van der Waals surface area contributed by atoms with Crippen LogP contribution < -0.4 is 5.73 Å². The van der Waals surface area contributed by atoms with E-state index in [1.807, 2.05) is 0 Å². The summed E-state index contributed by atoms with van der Waals surface area (Å²) in [5.41, 5.74) is 5.36. The molecule has 0 rings (SSSR count). The highest BCUT2D eigenvalue weighted by Gasteiger charge is 1.94. The van der Waals surface area contributed by atoms with Crippen molar-refractivity contribution in [3.05, 3.63) is 0 Å². The third-order valence-electron chi connectivity index (χ3n) is 1.57. The third kappa shape index (κ3) is 12.6. The van der Waals surface area contributed by atoms with Crippen molar-refractivity contribution in [2.45, 2.75) is 40.5 Å². The lowest BCUT2D eigenvalue weighted by Crippen LogP contribution is -2.25. The number of nitrogens with zero attached hydrogens (tertiary/aromatic N) is 1. The Bertz CT molecular complexity index is 60.9. The van der Waals surface area contributed by atoms with Crippen LogP contribution in [0.15, 0.2) is 0 Å². The Morgan fingerprint density at radius 1 is 1.00 bits per heavy atom. The number of rotatable bonds is 5. The molecule has 0 unspecified atom stereocenters. The lowest BCUT2D eigenvalue weighted by Gasteiger charge is -2.16. The van der Waals surface area contributed by atoms with Crippen molar-refractivity contribution in [1.29, 1.82) is 0 Å². The van der Waals surface area contributed by atoms with Crippen LogP contribution >= 0.6 is 0 Å². The van der Waals surface area contributed by atoms with Crippen LogP contribution in [-0.2, 0) is 0 Å². The zero-order chi connectivity index (χ0) is 9.82. The lowest BCUT2D eigenvalue weighted by atomic mass is 10.4. The van der Waals surface area contributed by atoms with Crippen LogP contribution in [0.5, 0.6) is 0 Å². The molecule has 0 spiro atoms. The lowest BCUT2D eigenvalue weighted by molar-refractivity contribution is 0.302. The van der Waals surface area contributed by atoms with E-state index in [4.69, 9.17) is 5.73 Å². The molecule has 0 aromatic carbocycles. The smallest absolute Gasteiger partial charge is 0.000695 e. The van der Waals surface area contributed by atoms with Gasteiger partial charge in [0, 0.05) is 0 Å². The predicted octanol–water partition coefficient (Wildman–Crippen LogP) is 2.09. The minimum absolute atomic E-state index is 0.816. The van der Waals surface area contributed by atoms with Crippen LogP contribution in [0.3, 0.4) is 0 Å². The van der Waals surface area contributed by atoms with Crippen molar-refractivity contribution >= 4 is 0 Å². The molecule has 0 aromatic rings. The first kappa shape index (κ1) is 14.4. The topological polar surface area (TPSA) is 29.3 Å². The van der Waals surface area contributed by atoms with E-state index in [1.54, 1.807) is 0 Å². The fraction of sp³-hybridized carbons (Fsp3) is 1.00. The van der Waals surface area contributed by atoms with Gasteiger partial charge in [0.05, 0.1) is 0 Å². The molecule has 2 heteroatoms. The van der Waals surface area contributed by atoms with Gasteiger partial charge in [-0.15, -0.1) is 0 Å². The maximum Gasteiger partial charge on any atom is -0.000695 e. The minimum Gasteiger partial charge on any atom is -0.330 e. The zero-order valence-corrected chi connectivity index (χ0v) is 9.27. The van der Waals surface area contributed by atoms with Gasteiger partial charge in [-0.25, -0.2) is 0 Å². The normalized spacial score (nSPS) is 9.50. The van der Waals surface area contributed by atoms with Gasteiger partial charge in [-0.2, -0.15) is 0 Å². The first-order valence-corrected chi connectivity index (χ1v) is 5.19. The molecular formula is C10H26N2. The van der Waals surface area contributed by atoms with E-state index in [0.717, 1.165) is 32.6 Å². The molecule has 12 heavy (non-hydrogen) atoms. The average molecular weight is 174 g/mol. The van der Waals surface area contributed by atoms with Gasteiger partial charge in [-0.3, -0.25) is 0 Å². The highest BCUT2D eigenvalue weighted by molar-refractivity contribution is 4.51. The van der Waals surface area contributed by atoms with Crippen LogP contribution in [0, 0.1) is 0 Å². The van der Waals surface area contributed by atoms with E-state index in [2.05, 4.69) is 32.6 Å². The molecule has 2 N–H and O–H groups in total. The van der Waals surface area contributed by atoms with Crippen molar-refractivity contribution in [1.82, 2.24) is 4.90 Å². The number of nitrogens with two attached hydrogens (primary N) is 1. The Morgan fingerprint density at radius 3 is 1.67 bits per heavy atom. The van der Waals surface area contributed by atoms with E-state index in [9.17, 15) is 0 Å². The second-order valence-corrected chi connectivity index (χ2v) is 2.88. The number of hydrogen-bond donors (Lipinski definition) is 1. The van der Waals surface area contributed by atoms with Crippen molar-refractivity contribution in [3.8, 4) is 0 Å². The Labute approximate surface area is 78.1 Å². The molecule has 0 aliphatic rings. The summed E-state index contributed by atoms with van der Waals surface area (Å²) in [6.45, 7) is 12.9. The standard InChI is InChI=1S/C7H18N2.C3H8/c1-3-9(4-2)7-5-6-8;1-3-2/h3-8H2,1-2H3;3H2,1-2H3. The van der Waals surface area contributed by atoms with Crippen LogP contribution in [0.25, 0.3) is 0 Å². The van der Waals surface area contributed by atoms with Crippen LogP contribution in [0.1, 0.15) is 40.5 Å². The van der Waals surface area contributed by atoms with Crippen molar-refractivity contribution in [2.75, 3.05) is 26.2 Å². The summed E-state index contributed by atoms with van der Waals surface area (Å²) in [5.74, 6) is 0. The Balaban J connectivity index is 0. The molecule has 0 aliphatic heterocycles. The largest absolute Gasteiger partial charge is 0.330 e. The molecule has 0 aromatic heterocycles. The van der Waals surface area contributed by atoms with Crippen molar-refractivity contribution in [2.24, 2.45) is 5.73 Å². The molecule has 76 valence electrons. The quantitative estimate of drug-likeness (QED) is 0.691. The maximum atomic E-state index is 5.36. The fourth-order valence-corrected chi connectivity index (χ4v) is 0.855. The first-order valence-electron chi connectivity index (χ1n) is 5.19. The summed E-state index contributed by atoms with van der Waals surface area (Å²) in [6.07, 6.45) is 2.38. The summed E-state index contributed by atoms with van der Waals surface area (Å²) < 4.78 is 0. The molecule has 2 nitrogen and oxygen atoms in total. The fourth-order valence-electron chi connectivity index (χ4n) is 0.855. The Morgan fingerprint density at radius 2 is 1.42 bits per heavy atom. The van der Waals surface area contributed by atoms with Gasteiger partial charge in [-0.1, -0.05) is 34.1 Å². The molecule has 0 aliphatic carbocycles. The maximum absolute atomic E-state index is 5.36. The summed E-state index contributed by atoms with van der Waals surface area (Å²) in [5, 5.41) is 0. The van der Waals surface area contributed by atoms with E-state index >= 15 is 0 Å². The zero-order valence-electron chi connectivity index (χ0n) is 9.27. The van der Waals surface area contributed by atoms with Gasteiger partial charge in [0.2, 0.25) is 0 Å². The molecule has 0 saturated heterocycles. The summed E-state index contributed by atoms with van der Waals surface area (Å²) in [4.78, 5) is 2.38. The molecule has 0 amide bonds. The third-order valence-corrected chi connectivity index (χ3v) is 1.57. The van der Waals surface area contributed by atoms with Gasteiger partial charge < -0.3 is 10.6 Å². The molecule has 0 saturated carbocycles. The van der Waals surface area contributed by atoms with E-state index in [0.29, 0.717) is 0 Å². The van der Waals surface area contributed by atoms with Crippen LogP contribution in [0.4, 0.5) is 0 Å². The van der Waals surface area contributed by atoms with E-state index < -0.39 is 0 Å². The molecule has 0 radical (unpaired) electrons. The van der Waals surface area contributed by atoms with E-state index in [1.165, 1.54) is 6.42 Å². The van der Waals surface area contributed by atoms with Crippen LogP contribution in [0.2, 0.25) is 0 Å². The highest BCUT2D eigenvalue weighted by Crippen LogP contribution is 1.87. The Kier molecular flexibility index (Phi) is 16.3. The van der Waals surface area contributed by atoms with Gasteiger partial charge in [0.25, 0.3) is 0 Å². The predicted molar refractivity (Wildman–Crippen MR) is 57.4 cm³/mol. The first-order chi connectivity index (χ1) is 5.76. The minimum atomic E-state index is 0.816. The summed E-state index contributed by atoms with van der Waals surface area (Å²) >= 11 is 0. The molecular weight excluding hydrogens is 148 g/mol. The molecule has 0 bridgehead atoms. The summed E-state index contributed by atoms with van der Waals surface area (Å²) in [7, 11) is 0. The molecule has 0 heterocycles. The Hall–Kier alpha value is -0.0800. The van der Waals surface area contributed by atoms with Gasteiger partial charge in [0.1, 0.15) is 0 Å². The van der Waals surface area contributed by atoms with Crippen molar-refractivity contribution in [3.63, 3.8) is 0 Å². The highest BCUT2D eigenvalue weighted by atomic mass is 15.1. The second-order valence-electron chi connectivity index (χ2n) is 2.88. The van der Waals surface area contributed by atoms with Crippen LogP contribution in [-0.4, -0.2) is 31.1 Å². The summed E-state index contributed by atoms with van der Waals surface area (Å²) in [6, 6.07) is 0.